The van der Waals surface area contributed by atoms with E-state index in [4.69, 9.17) is 9.47 Å². The second-order valence-electron chi connectivity index (χ2n) is 10.5. The van der Waals surface area contributed by atoms with E-state index in [2.05, 4.69) is 16.3 Å². The lowest BCUT2D eigenvalue weighted by molar-refractivity contribution is -0.134. The first-order valence-electron chi connectivity index (χ1n) is 12.6. The summed E-state index contributed by atoms with van der Waals surface area (Å²) < 4.78 is 12.4. The Morgan fingerprint density at radius 1 is 1.11 bits per heavy atom. The number of fused-ring (bicyclic) bond motifs is 7. The molecule has 5 unspecified atom stereocenters. The fraction of sp³-hybridized carbons (Fsp3) is 0.310. The average molecular weight is 509 g/mol. The van der Waals surface area contributed by atoms with Crippen molar-refractivity contribution in [2.75, 3.05) is 11.5 Å². The number of hydrogen-bond donors (Lipinski definition) is 2. The van der Waals surface area contributed by atoms with Gasteiger partial charge in [-0.1, -0.05) is 42.5 Å². The molecule has 5 atom stereocenters. The molecular weight excluding hydrogens is 484 g/mol. The predicted molar refractivity (Wildman–Crippen MR) is 137 cm³/mol. The Kier molecular flexibility index (Phi) is 4.74. The molecule has 3 aromatic carbocycles. The summed E-state index contributed by atoms with van der Waals surface area (Å²) in [4.78, 5) is 29.0. The van der Waals surface area contributed by atoms with Crippen LogP contribution < -0.4 is 9.64 Å². The zero-order chi connectivity index (χ0) is 26.2. The van der Waals surface area contributed by atoms with Crippen LogP contribution in [0.3, 0.4) is 0 Å². The molecule has 2 amide bonds. The van der Waals surface area contributed by atoms with Crippen molar-refractivity contribution in [3.8, 4) is 11.9 Å². The van der Waals surface area contributed by atoms with Crippen LogP contribution in [-0.2, 0) is 14.3 Å². The van der Waals surface area contributed by atoms with Gasteiger partial charge in [-0.3, -0.25) is 14.7 Å². The van der Waals surface area contributed by atoms with E-state index in [0.717, 1.165) is 21.2 Å². The fourth-order valence-corrected chi connectivity index (χ4v) is 6.79. The van der Waals surface area contributed by atoms with Gasteiger partial charge in [-0.15, -0.1) is 5.10 Å². The van der Waals surface area contributed by atoms with Gasteiger partial charge in [-0.05, 0) is 30.5 Å². The molecule has 3 fully saturated rings. The van der Waals surface area contributed by atoms with Crippen molar-refractivity contribution < 1.29 is 24.2 Å². The Labute approximate surface area is 217 Å². The van der Waals surface area contributed by atoms with Crippen LogP contribution in [0.15, 0.2) is 60.7 Å². The van der Waals surface area contributed by atoms with Gasteiger partial charge in [0.25, 0.3) is 0 Å². The van der Waals surface area contributed by atoms with Crippen molar-refractivity contribution in [3.05, 3.63) is 66.2 Å². The minimum Gasteiger partial charge on any atom is -0.476 e. The number of H-pyrrole nitrogens is 1. The van der Waals surface area contributed by atoms with E-state index < -0.39 is 41.0 Å². The smallest absolute Gasteiger partial charge is 0.240 e. The average Bonchev–Trinajstić information content (AvgIpc) is 3.60. The summed E-state index contributed by atoms with van der Waals surface area (Å²) >= 11 is 0. The Morgan fingerprint density at radius 3 is 2.66 bits per heavy atom. The minimum absolute atomic E-state index is 0.182. The molecule has 7 rings (SSSR count). The number of hydrogen-bond acceptors (Lipinski definition) is 7. The van der Waals surface area contributed by atoms with Crippen LogP contribution in [0, 0.1) is 23.2 Å². The minimum atomic E-state index is -1.21. The molecule has 9 heteroatoms. The molecule has 0 saturated carbocycles. The highest BCUT2D eigenvalue weighted by Crippen LogP contribution is 2.62. The number of nitrogens with zero attached hydrogens (tertiary/aromatic N) is 3. The van der Waals surface area contributed by atoms with Crippen LogP contribution in [0.1, 0.15) is 25.3 Å². The number of nitriles is 1. The van der Waals surface area contributed by atoms with Gasteiger partial charge in [0.1, 0.15) is 11.7 Å². The summed E-state index contributed by atoms with van der Waals surface area (Å²) in [5.74, 6) is -2.07. The number of aromatic nitrogens is 2. The van der Waals surface area contributed by atoms with Gasteiger partial charge < -0.3 is 14.6 Å². The standard InChI is InChI=1S/C29H24N4O5/c1-28-22(34)14-29(38-28,12-13-37-25-18-8-4-5-9-20(18)31-32-25)24-23(28)26(35)33(27(24)36)21-11-10-16-6-2-3-7-17(16)19(21)15-30/h2-11,22-24,34H,12-14H2,1H3,(H,31,32). The van der Waals surface area contributed by atoms with Gasteiger partial charge in [0.2, 0.25) is 17.7 Å². The highest BCUT2D eigenvalue weighted by atomic mass is 16.6. The Hall–Kier alpha value is -4.26. The first kappa shape index (κ1) is 22.9. The van der Waals surface area contributed by atoms with E-state index >= 15 is 0 Å². The number of para-hydroxylation sites is 1. The highest BCUT2D eigenvalue weighted by Gasteiger charge is 2.77. The maximum Gasteiger partial charge on any atom is 0.240 e. The number of ether oxygens (including phenoxy) is 2. The van der Waals surface area contributed by atoms with Gasteiger partial charge in [0.05, 0.1) is 52.3 Å². The number of amides is 2. The van der Waals surface area contributed by atoms with Crippen LogP contribution in [0.4, 0.5) is 5.69 Å². The summed E-state index contributed by atoms with van der Waals surface area (Å²) in [6.45, 7) is 1.88. The third-order valence-electron chi connectivity index (χ3n) is 8.57. The maximum atomic E-state index is 14.0. The first-order valence-corrected chi connectivity index (χ1v) is 12.6. The van der Waals surface area contributed by atoms with Crippen LogP contribution in [0.5, 0.6) is 5.88 Å². The van der Waals surface area contributed by atoms with Crippen LogP contribution in [-0.4, -0.2) is 51.0 Å². The quantitative estimate of drug-likeness (QED) is 0.395. The van der Waals surface area contributed by atoms with Crippen LogP contribution in [0.2, 0.25) is 0 Å². The summed E-state index contributed by atoms with van der Waals surface area (Å²) in [7, 11) is 0. The van der Waals surface area contributed by atoms with E-state index in [1.165, 1.54) is 0 Å². The van der Waals surface area contributed by atoms with E-state index in [-0.39, 0.29) is 30.7 Å². The molecule has 3 aliphatic rings. The largest absolute Gasteiger partial charge is 0.476 e. The van der Waals surface area contributed by atoms with Crippen molar-refractivity contribution >= 4 is 39.2 Å². The monoisotopic (exact) mass is 508 g/mol. The second-order valence-corrected chi connectivity index (χ2v) is 10.5. The zero-order valence-corrected chi connectivity index (χ0v) is 20.5. The van der Waals surface area contributed by atoms with Gasteiger partial charge >= 0.3 is 0 Å². The molecule has 4 heterocycles. The Morgan fingerprint density at radius 2 is 1.84 bits per heavy atom. The second kappa shape index (κ2) is 7.87. The van der Waals surface area contributed by atoms with E-state index in [1.807, 2.05) is 42.5 Å². The molecule has 9 nitrogen and oxygen atoms in total. The van der Waals surface area contributed by atoms with Crippen LogP contribution in [0.25, 0.3) is 21.7 Å². The van der Waals surface area contributed by atoms with E-state index in [9.17, 15) is 20.0 Å². The molecule has 0 radical (unpaired) electrons. The van der Waals surface area contributed by atoms with Gasteiger partial charge in [0, 0.05) is 18.2 Å². The number of nitrogens with one attached hydrogen (secondary N) is 1. The molecule has 3 saturated heterocycles. The molecule has 2 N–H and O–H groups in total. The SMILES string of the molecule is CC12OC(CCOc3n[nH]c4ccccc34)(CC1O)C1C(=O)N(c3ccc4ccccc4c3C#N)C(=O)C12. The lowest BCUT2D eigenvalue weighted by Crippen LogP contribution is -2.49. The normalized spacial score (nSPS) is 29.8. The predicted octanol–water partition coefficient (Wildman–Crippen LogP) is 3.45. The molecule has 4 aromatic rings. The maximum absolute atomic E-state index is 14.0. The number of aromatic amines is 1. The van der Waals surface area contributed by atoms with Crippen LogP contribution >= 0.6 is 0 Å². The molecule has 2 bridgehead atoms. The summed E-state index contributed by atoms with van der Waals surface area (Å²) in [6, 6.07) is 20.6. The Balaban J connectivity index is 1.23. The van der Waals surface area contributed by atoms with E-state index in [1.54, 1.807) is 25.1 Å². The zero-order valence-electron chi connectivity index (χ0n) is 20.5. The number of aliphatic hydroxyl groups is 1. The molecule has 190 valence electrons. The number of benzene rings is 3. The third kappa shape index (κ3) is 2.90. The molecule has 1 aromatic heterocycles. The Bertz CT molecular complexity index is 1690. The lowest BCUT2D eigenvalue weighted by Gasteiger charge is -2.33. The van der Waals surface area contributed by atoms with Gasteiger partial charge in [-0.2, -0.15) is 5.26 Å². The number of carbonyl (C=O) groups excluding carboxylic acids is 2. The number of rotatable bonds is 5. The summed E-state index contributed by atoms with van der Waals surface area (Å²) in [5, 5.41) is 30.5. The number of carbonyl (C=O) groups is 2. The first-order chi connectivity index (χ1) is 18.4. The number of anilines is 1. The summed E-state index contributed by atoms with van der Waals surface area (Å²) in [6.07, 6.45) is -0.415. The molecule has 0 spiro atoms. The number of imide groups is 1. The van der Waals surface area contributed by atoms with Gasteiger partial charge in [-0.25, -0.2) is 4.90 Å². The molecular formula is C29H24N4O5. The van der Waals surface area contributed by atoms with E-state index in [0.29, 0.717) is 11.3 Å². The summed E-state index contributed by atoms with van der Waals surface area (Å²) in [5.41, 5.74) is -0.906. The fourth-order valence-electron chi connectivity index (χ4n) is 6.79. The molecule has 38 heavy (non-hydrogen) atoms. The highest BCUT2D eigenvalue weighted by molar-refractivity contribution is 6.24. The topological polar surface area (TPSA) is 129 Å². The van der Waals surface area contributed by atoms with Gasteiger partial charge in [0.15, 0.2) is 0 Å². The molecule has 0 aliphatic carbocycles. The van der Waals surface area contributed by atoms with Crippen molar-refractivity contribution in [3.63, 3.8) is 0 Å². The lowest BCUT2D eigenvalue weighted by atomic mass is 9.66. The van der Waals surface area contributed by atoms with Crippen molar-refractivity contribution in [1.29, 1.82) is 5.26 Å². The van der Waals surface area contributed by atoms with Crippen molar-refractivity contribution in [2.24, 2.45) is 11.8 Å². The van der Waals surface area contributed by atoms with Crippen molar-refractivity contribution in [2.45, 2.75) is 37.1 Å². The third-order valence-corrected chi connectivity index (χ3v) is 8.57. The number of aliphatic hydroxyl groups excluding tert-OH is 1. The van der Waals surface area contributed by atoms with Crippen molar-refractivity contribution in [1.82, 2.24) is 10.2 Å². The molecule has 3 aliphatic heterocycles.